The summed E-state index contributed by atoms with van der Waals surface area (Å²) in [5.74, 6) is 0.317. The maximum absolute atomic E-state index is 11.1. The standard InChI is InChI=1S/C12H12N2O3S/c15-14(16)9-4-1-3-8-10(9)17-12(5-2-6-12)7-13-11(8)18/h1,3-4H,2,5-7H2,(H,13,18). The van der Waals surface area contributed by atoms with Crippen LogP contribution in [0.15, 0.2) is 18.2 Å². The molecule has 94 valence electrons. The second-order valence-electron chi connectivity index (χ2n) is 4.73. The minimum absolute atomic E-state index is 0.00942. The first kappa shape index (κ1) is 11.4. The number of ether oxygens (including phenoxy) is 1. The van der Waals surface area contributed by atoms with Crippen LogP contribution >= 0.6 is 12.2 Å². The van der Waals surface area contributed by atoms with Crippen LogP contribution in [0.1, 0.15) is 24.8 Å². The number of para-hydroxylation sites is 1. The van der Waals surface area contributed by atoms with Crippen molar-refractivity contribution in [2.24, 2.45) is 0 Å². The van der Waals surface area contributed by atoms with E-state index in [1.807, 2.05) is 0 Å². The molecule has 2 aliphatic rings. The normalized spacial score (nSPS) is 20.1. The summed E-state index contributed by atoms with van der Waals surface area (Å²) in [4.78, 5) is 11.2. The van der Waals surface area contributed by atoms with E-state index in [1.54, 1.807) is 12.1 Å². The number of rotatable bonds is 1. The van der Waals surface area contributed by atoms with Crippen molar-refractivity contribution in [3.63, 3.8) is 0 Å². The van der Waals surface area contributed by atoms with E-state index in [0.717, 1.165) is 19.3 Å². The zero-order chi connectivity index (χ0) is 12.8. The number of hydrogen-bond donors (Lipinski definition) is 1. The number of hydrogen-bond acceptors (Lipinski definition) is 4. The van der Waals surface area contributed by atoms with Crippen molar-refractivity contribution in [2.45, 2.75) is 24.9 Å². The molecule has 1 N–H and O–H groups in total. The molecule has 0 radical (unpaired) electrons. The van der Waals surface area contributed by atoms with Gasteiger partial charge in [-0.2, -0.15) is 0 Å². The number of thiocarbonyl (C=S) groups is 1. The van der Waals surface area contributed by atoms with Gasteiger partial charge in [0.15, 0.2) is 0 Å². The minimum Gasteiger partial charge on any atom is -0.478 e. The van der Waals surface area contributed by atoms with Crippen molar-refractivity contribution in [1.82, 2.24) is 5.32 Å². The Kier molecular flexibility index (Phi) is 2.48. The molecule has 1 aromatic carbocycles. The minimum atomic E-state index is -0.418. The zero-order valence-corrected chi connectivity index (χ0v) is 10.5. The van der Waals surface area contributed by atoms with E-state index in [0.29, 0.717) is 22.8 Å². The van der Waals surface area contributed by atoms with Crippen LogP contribution < -0.4 is 10.1 Å². The first-order valence-corrected chi connectivity index (χ1v) is 6.27. The average Bonchev–Trinajstić information content (AvgIpc) is 2.46. The zero-order valence-electron chi connectivity index (χ0n) is 9.64. The molecule has 0 unspecified atom stereocenters. The summed E-state index contributed by atoms with van der Waals surface area (Å²) in [6.45, 7) is 0.623. The van der Waals surface area contributed by atoms with Gasteiger partial charge in [0.1, 0.15) is 10.6 Å². The lowest BCUT2D eigenvalue weighted by molar-refractivity contribution is -0.386. The van der Waals surface area contributed by atoms with E-state index in [1.165, 1.54) is 6.07 Å². The Labute approximate surface area is 109 Å². The second-order valence-corrected chi connectivity index (χ2v) is 5.14. The smallest absolute Gasteiger partial charge is 0.311 e. The highest BCUT2D eigenvalue weighted by molar-refractivity contribution is 7.80. The molecule has 0 atom stereocenters. The van der Waals surface area contributed by atoms with Crippen molar-refractivity contribution in [1.29, 1.82) is 0 Å². The Morgan fingerprint density at radius 2 is 2.22 bits per heavy atom. The SMILES string of the molecule is O=[N+]([O-])c1cccc2c1OC1(CCC1)CNC2=S. The number of nitro benzene ring substituents is 1. The fraction of sp³-hybridized carbons (Fsp3) is 0.417. The van der Waals surface area contributed by atoms with E-state index in [2.05, 4.69) is 5.32 Å². The van der Waals surface area contributed by atoms with Gasteiger partial charge in [0.05, 0.1) is 17.0 Å². The molecule has 1 aromatic rings. The topological polar surface area (TPSA) is 64.4 Å². The van der Waals surface area contributed by atoms with Crippen LogP contribution in [0, 0.1) is 10.1 Å². The molecule has 1 saturated carbocycles. The first-order chi connectivity index (χ1) is 8.61. The molecular weight excluding hydrogens is 252 g/mol. The summed E-state index contributed by atoms with van der Waals surface area (Å²) < 4.78 is 5.95. The summed E-state index contributed by atoms with van der Waals surface area (Å²) in [6, 6.07) is 4.85. The predicted octanol–water partition coefficient (Wildman–Crippen LogP) is 2.17. The molecule has 0 saturated heterocycles. The van der Waals surface area contributed by atoms with Crippen molar-refractivity contribution in [2.75, 3.05) is 6.54 Å². The van der Waals surface area contributed by atoms with Crippen molar-refractivity contribution < 1.29 is 9.66 Å². The van der Waals surface area contributed by atoms with Crippen molar-refractivity contribution in [3.8, 4) is 5.75 Å². The number of nitrogens with zero attached hydrogens (tertiary/aromatic N) is 1. The molecule has 1 fully saturated rings. The van der Waals surface area contributed by atoms with Gasteiger partial charge < -0.3 is 10.1 Å². The summed E-state index contributed by atoms with van der Waals surface area (Å²) in [6.07, 6.45) is 2.91. The summed E-state index contributed by atoms with van der Waals surface area (Å²) in [7, 11) is 0. The van der Waals surface area contributed by atoms with Crippen LogP contribution in [0.25, 0.3) is 0 Å². The maximum Gasteiger partial charge on any atom is 0.311 e. The van der Waals surface area contributed by atoms with E-state index in [4.69, 9.17) is 17.0 Å². The molecule has 1 spiro atoms. The van der Waals surface area contributed by atoms with Gasteiger partial charge in [0.25, 0.3) is 0 Å². The summed E-state index contributed by atoms with van der Waals surface area (Å²) in [5, 5.41) is 14.2. The van der Waals surface area contributed by atoms with Gasteiger partial charge in [0.2, 0.25) is 5.75 Å². The van der Waals surface area contributed by atoms with Gasteiger partial charge in [-0.15, -0.1) is 0 Å². The monoisotopic (exact) mass is 264 g/mol. The van der Waals surface area contributed by atoms with Crippen LogP contribution in [0.2, 0.25) is 0 Å². The van der Waals surface area contributed by atoms with Crippen molar-refractivity contribution in [3.05, 3.63) is 33.9 Å². The van der Waals surface area contributed by atoms with Gasteiger partial charge >= 0.3 is 5.69 Å². The Balaban J connectivity index is 2.12. The number of nitrogens with one attached hydrogen (secondary N) is 1. The van der Waals surface area contributed by atoms with Crippen molar-refractivity contribution >= 4 is 22.9 Å². The van der Waals surface area contributed by atoms with Gasteiger partial charge in [-0.1, -0.05) is 18.3 Å². The molecule has 0 aromatic heterocycles. The van der Waals surface area contributed by atoms with Gasteiger partial charge in [-0.3, -0.25) is 10.1 Å². The number of benzene rings is 1. The summed E-state index contributed by atoms with van der Waals surface area (Å²) in [5.41, 5.74) is 0.286. The van der Waals surface area contributed by atoms with Crippen LogP contribution in [0.4, 0.5) is 5.69 Å². The number of fused-ring (bicyclic) bond motifs is 1. The third-order valence-electron chi connectivity index (χ3n) is 3.59. The van der Waals surface area contributed by atoms with Crippen LogP contribution in [-0.2, 0) is 0 Å². The quantitative estimate of drug-likeness (QED) is 0.478. The molecule has 18 heavy (non-hydrogen) atoms. The molecule has 1 aliphatic carbocycles. The second kappa shape index (κ2) is 3.91. The van der Waals surface area contributed by atoms with E-state index < -0.39 is 4.92 Å². The fourth-order valence-corrected chi connectivity index (χ4v) is 2.63. The van der Waals surface area contributed by atoms with E-state index in [-0.39, 0.29) is 11.3 Å². The Hall–Kier alpha value is -1.69. The fourth-order valence-electron chi connectivity index (χ4n) is 2.39. The lowest BCUT2D eigenvalue weighted by Crippen LogP contribution is -2.50. The van der Waals surface area contributed by atoms with Crippen LogP contribution in [-0.4, -0.2) is 22.1 Å². The molecule has 1 heterocycles. The summed E-state index contributed by atoms with van der Waals surface area (Å²) >= 11 is 5.25. The van der Waals surface area contributed by atoms with E-state index in [9.17, 15) is 10.1 Å². The highest BCUT2D eigenvalue weighted by Gasteiger charge is 2.43. The number of nitro groups is 1. The van der Waals surface area contributed by atoms with Crippen LogP contribution in [0.3, 0.4) is 0 Å². The predicted molar refractivity (Wildman–Crippen MR) is 70.0 cm³/mol. The van der Waals surface area contributed by atoms with E-state index >= 15 is 0 Å². The lowest BCUT2D eigenvalue weighted by atomic mass is 9.80. The molecule has 1 aliphatic heterocycles. The van der Waals surface area contributed by atoms with Gasteiger partial charge in [-0.05, 0) is 25.3 Å². The third-order valence-corrected chi connectivity index (χ3v) is 3.95. The molecule has 0 bridgehead atoms. The van der Waals surface area contributed by atoms with Gasteiger partial charge in [0, 0.05) is 6.07 Å². The third kappa shape index (κ3) is 1.64. The van der Waals surface area contributed by atoms with Gasteiger partial charge in [-0.25, -0.2) is 0 Å². The molecule has 0 amide bonds. The highest BCUT2D eigenvalue weighted by Crippen LogP contribution is 2.42. The average molecular weight is 264 g/mol. The Morgan fingerprint density at radius 1 is 1.44 bits per heavy atom. The van der Waals surface area contributed by atoms with Crippen LogP contribution in [0.5, 0.6) is 5.75 Å². The highest BCUT2D eigenvalue weighted by atomic mass is 32.1. The molecular formula is C12H12N2O3S. The molecule has 6 heteroatoms. The molecule has 5 nitrogen and oxygen atoms in total. The largest absolute Gasteiger partial charge is 0.478 e. The lowest BCUT2D eigenvalue weighted by Gasteiger charge is -2.40. The Morgan fingerprint density at radius 3 is 2.83 bits per heavy atom. The molecule has 3 rings (SSSR count). The Bertz CT molecular complexity index is 540. The maximum atomic E-state index is 11.1. The first-order valence-electron chi connectivity index (χ1n) is 5.86.